The van der Waals surface area contributed by atoms with Crippen molar-refractivity contribution in [1.82, 2.24) is 9.97 Å². The smallest absolute Gasteiger partial charge is 0.160 e. The van der Waals surface area contributed by atoms with Crippen molar-refractivity contribution in [2.45, 2.75) is 26.2 Å². The van der Waals surface area contributed by atoms with Gasteiger partial charge in [0.2, 0.25) is 0 Å². The Labute approximate surface area is 154 Å². The van der Waals surface area contributed by atoms with E-state index >= 15 is 0 Å². The Morgan fingerprint density at radius 1 is 0.692 bits per heavy atom. The summed E-state index contributed by atoms with van der Waals surface area (Å²) in [7, 11) is 0. The standard InChI is InChI=1S/C24H22N2/c1-24(2,3)22-16-21(25-23(26-22)18-11-5-4-6-12-18)20-15-9-13-17-10-7-8-14-19(17)20/h4-16H,1-3H3. The number of hydrogen-bond acceptors (Lipinski definition) is 2. The Bertz CT molecular complexity index is 1050. The highest BCUT2D eigenvalue weighted by molar-refractivity contribution is 5.96. The van der Waals surface area contributed by atoms with Crippen molar-refractivity contribution in [1.29, 1.82) is 0 Å². The number of rotatable bonds is 2. The fraction of sp³-hybridized carbons (Fsp3) is 0.167. The number of nitrogens with zero attached hydrogens (tertiary/aromatic N) is 2. The Morgan fingerprint density at radius 3 is 2.15 bits per heavy atom. The summed E-state index contributed by atoms with van der Waals surface area (Å²) >= 11 is 0. The largest absolute Gasteiger partial charge is 0.232 e. The van der Waals surface area contributed by atoms with Crippen molar-refractivity contribution in [2.75, 3.05) is 0 Å². The minimum Gasteiger partial charge on any atom is -0.232 e. The molecule has 0 saturated carbocycles. The number of hydrogen-bond donors (Lipinski definition) is 0. The van der Waals surface area contributed by atoms with Crippen molar-refractivity contribution in [2.24, 2.45) is 0 Å². The normalized spacial score (nSPS) is 11.7. The van der Waals surface area contributed by atoms with Crippen molar-refractivity contribution in [3.05, 3.63) is 84.6 Å². The van der Waals surface area contributed by atoms with Gasteiger partial charge in [-0.3, -0.25) is 0 Å². The molecule has 0 aliphatic rings. The van der Waals surface area contributed by atoms with Crippen molar-refractivity contribution >= 4 is 10.8 Å². The minimum atomic E-state index is -0.0498. The van der Waals surface area contributed by atoms with Crippen molar-refractivity contribution in [3.8, 4) is 22.6 Å². The molecule has 0 radical (unpaired) electrons. The molecule has 4 aromatic rings. The molecule has 1 aromatic heterocycles. The van der Waals surface area contributed by atoms with E-state index in [0.717, 1.165) is 28.3 Å². The summed E-state index contributed by atoms with van der Waals surface area (Å²) in [6.07, 6.45) is 0. The van der Waals surface area contributed by atoms with Crippen LogP contribution < -0.4 is 0 Å². The number of aromatic nitrogens is 2. The van der Waals surface area contributed by atoms with Crippen LogP contribution in [0, 0.1) is 0 Å². The average Bonchev–Trinajstić information content (AvgIpc) is 2.67. The molecule has 0 atom stereocenters. The van der Waals surface area contributed by atoms with Crippen LogP contribution in [-0.4, -0.2) is 9.97 Å². The molecular weight excluding hydrogens is 316 g/mol. The molecule has 26 heavy (non-hydrogen) atoms. The highest BCUT2D eigenvalue weighted by atomic mass is 14.9. The van der Waals surface area contributed by atoms with E-state index in [4.69, 9.17) is 9.97 Å². The molecule has 2 heteroatoms. The van der Waals surface area contributed by atoms with Crippen LogP contribution in [0.1, 0.15) is 26.5 Å². The molecule has 4 rings (SSSR count). The summed E-state index contributed by atoms with van der Waals surface area (Å²) in [5.74, 6) is 0.779. The first-order valence-electron chi connectivity index (χ1n) is 8.95. The molecule has 0 saturated heterocycles. The Kier molecular flexibility index (Phi) is 4.04. The van der Waals surface area contributed by atoms with E-state index in [9.17, 15) is 0 Å². The average molecular weight is 338 g/mol. The van der Waals surface area contributed by atoms with E-state index in [-0.39, 0.29) is 5.41 Å². The molecule has 0 aliphatic heterocycles. The lowest BCUT2D eigenvalue weighted by Gasteiger charge is -2.20. The van der Waals surface area contributed by atoms with E-state index in [0.29, 0.717) is 0 Å². The van der Waals surface area contributed by atoms with Gasteiger partial charge in [-0.1, -0.05) is 93.6 Å². The third-order valence-electron chi connectivity index (χ3n) is 4.59. The molecule has 0 N–H and O–H groups in total. The fourth-order valence-electron chi connectivity index (χ4n) is 3.13. The first-order valence-corrected chi connectivity index (χ1v) is 8.95. The Balaban J connectivity index is 1.99. The number of benzene rings is 3. The van der Waals surface area contributed by atoms with Crippen LogP contribution in [0.5, 0.6) is 0 Å². The maximum absolute atomic E-state index is 4.93. The van der Waals surface area contributed by atoms with Gasteiger partial charge in [0.1, 0.15) is 0 Å². The van der Waals surface area contributed by atoms with Gasteiger partial charge in [-0.05, 0) is 16.8 Å². The first kappa shape index (κ1) is 16.5. The molecule has 0 fully saturated rings. The highest BCUT2D eigenvalue weighted by Gasteiger charge is 2.19. The molecule has 0 unspecified atom stereocenters. The third-order valence-corrected chi connectivity index (χ3v) is 4.59. The molecule has 0 bridgehead atoms. The molecule has 1 heterocycles. The topological polar surface area (TPSA) is 25.8 Å². The van der Waals surface area contributed by atoms with Crippen LogP contribution in [-0.2, 0) is 5.41 Å². The molecule has 0 amide bonds. The van der Waals surface area contributed by atoms with Gasteiger partial charge < -0.3 is 0 Å². The summed E-state index contributed by atoms with van der Waals surface area (Å²) in [6, 6.07) is 27.2. The van der Waals surface area contributed by atoms with Crippen LogP contribution in [0.3, 0.4) is 0 Å². The highest BCUT2D eigenvalue weighted by Crippen LogP contribution is 2.32. The SMILES string of the molecule is CC(C)(C)c1cc(-c2cccc3ccccc23)nc(-c2ccccc2)n1. The zero-order chi connectivity index (χ0) is 18.1. The summed E-state index contributed by atoms with van der Waals surface area (Å²) < 4.78 is 0. The maximum atomic E-state index is 4.93. The zero-order valence-corrected chi connectivity index (χ0v) is 15.4. The summed E-state index contributed by atoms with van der Waals surface area (Å²) in [5.41, 5.74) is 4.16. The predicted molar refractivity (Wildman–Crippen MR) is 109 cm³/mol. The predicted octanol–water partition coefficient (Wildman–Crippen LogP) is 6.26. The Morgan fingerprint density at radius 2 is 1.38 bits per heavy atom. The minimum absolute atomic E-state index is 0.0498. The van der Waals surface area contributed by atoms with Gasteiger partial charge in [-0.25, -0.2) is 9.97 Å². The molecule has 2 nitrogen and oxygen atoms in total. The van der Waals surface area contributed by atoms with Gasteiger partial charge in [-0.15, -0.1) is 0 Å². The first-order chi connectivity index (χ1) is 12.5. The van der Waals surface area contributed by atoms with Crippen LogP contribution in [0.2, 0.25) is 0 Å². The van der Waals surface area contributed by atoms with Gasteiger partial charge in [0, 0.05) is 16.5 Å². The van der Waals surface area contributed by atoms with Gasteiger partial charge in [0.05, 0.1) is 11.4 Å². The molecule has 3 aromatic carbocycles. The van der Waals surface area contributed by atoms with E-state index in [1.165, 1.54) is 10.8 Å². The zero-order valence-electron chi connectivity index (χ0n) is 15.4. The van der Waals surface area contributed by atoms with E-state index in [1.54, 1.807) is 0 Å². The van der Waals surface area contributed by atoms with Gasteiger partial charge >= 0.3 is 0 Å². The Hall–Kier alpha value is -3.00. The van der Waals surface area contributed by atoms with Crippen LogP contribution in [0.4, 0.5) is 0 Å². The van der Waals surface area contributed by atoms with Gasteiger partial charge in [0.25, 0.3) is 0 Å². The fourth-order valence-corrected chi connectivity index (χ4v) is 3.13. The second-order valence-corrected chi connectivity index (χ2v) is 7.60. The van der Waals surface area contributed by atoms with Crippen molar-refractivity contribution in [3.63, 3.8) is 0 Å². The monoisotopic (exact) mass is 338 g/mol. The molecule has 0 spiro atoms. The van der Waals surface area contributed by atoms with Crippen LogP contribution in [0.25, 0.3) is 33.4 Å². The lowest BCUT2D eigenvalue weighted by atomic mass is 9.90. The number of fused-ring (bicyclic) bond motifs is 1. The third kappa shape index (κ3) is 3.11. The summed E-state index contributed by atoms with van der Waals surface area (Å²) in [6.45, 7) is 6.57. The van der Waals surface area contributed by atoms with E-state index < -0.39 is 0 Å². The summed E-state index contributed by atoms with van der Waals surface area (Å²) in [5, 5.41) is 2.44. The van der Waals surface area contributed by atoms with Gasteiger partial charge in [0.15, 0.2) is 5.82 Å². The second kappa shape index (κ2) is 6.38. The van der Waals surface area contributed by atoms with Crippen LogP contribution >= 0.6 is 0 Å². The maximum Gasteiger partial charge on any atom is 0.160 e. The lowest BCUT2D eigenvalue weighted by molar-refractivity contribution is 0.568. The van der Waals surface area contributed by atoms with Gasteiger partial charge in [-0.2, -0.15) is 0 Å². The van der Waals surface area contributed by atoms with E-state index in [1.807, 2.05) is 18.2 Å². The van der Waals surface area contributed by atoms with Crippen molar-refractivity contribution < 1.29 is 0 Å². The second-order valence-electron chi connectivity index (χ2n) is 7.60. The molecule has 128 valence electrons. The lowest BCUT2D eigenvalue weighted by Crippen LogP contribution is -2.15. The quantitative estimate of drug-likeness (QED) is 0.431. The van der Waals surface area contributed by atoms with E-state index in [2.05, 4.69) is 81.4 Å². The van der Waals surface area contributed by atoms with Crippen LogP contribution in [0.15, 0.2) is 78.9 Å². The summed E-state index contributed by atoms with van der Waals surface area (Å²) in [4.78, 5) is 9.80. The molecule has 0 aliphatic carbocycles. The molecular formula is C24H22N2.